The van der Waals surface area contributed by atoms with Crippen LogP contribution in [0.15, 0.2) is 65.6 Å². The molecule has 1 heterocycles. The number of hydrogen-bond acceptors (Lipinski definition) is 3. The van der Waals surface area contributed by atoms with E-state index in [2.05, 4.69) is 0 Å². The highest BCUT2D eigenvalue weighted by atomic mass is 32.2. The molecule has 32 heavy (non-hydrogen) atoms. The van der Waals surface area contributed by atoms with E-state index >= 15 is 0 Å². The highest BCUT2D eigenvalue weighted by Crippen LogP contribution is 2.38. The first-order chi connectivity index (χ1) is 15.3. The summed E-state index contributed by atoms with van der Waals surface area (Å²) in [6.45, 7) is 3.90. The summed E-state index contributed by atoms with van der Waals surface area (Å²) in [6, 6.07) is 17.3. The molecule has 6 heteroatoms. The van der Waals surface area contributed by atoms with Crippen molar-refractivity contribution < 1.29 is 17.5 Å². The molecule has 0 fully saturated rings. The molecule has 4 rings (SSSR count). The van der Waals surface area contributed by atoms with Crippen molar-refractivity contribution in [3.63, 3.8) is 0 Å². The number of sulfonamides is 1. The molecule has 1 aliphatic rings. The Kier molecular flexibility index (Phi) is 6.24. The number of anilines is 1. The standard InChI is InChI=1S/C26H28FNO3S/c1-18-5-13-24(14-6-18)32(29,30)28-22(10-8-20-7-4-19(2)16-26(20)28)11-9-21-17-23(31-3)12-15-25(21)27/h4-7,12-17,22H,8-11H2,1-3H3. The lowest BCUT2D eigenvalue weighted by atomic mass is 9.93. The first kappa shape index (κ1) is 22.3. The van der Waals surface area contributed by atoms with E-state index in [0.717, 1.165) is 28.8 Å². The summed E-state index contributed by atoms with van der Waals surface area (Å²) in [7, 11) is -2.22. The van der Waals surface area contributed by atoms with Crippen molar-refractivity contribution in [2.75, 3.05) is 11.4 Å². The third-order valence-corrected chi connectivity index (χ3v) is 8.01. The SMILES string of the molecule is COc1ccc(F)c(CCC2CCc3ccc(C)cc3N2S(=O)(=O)c2ccc(C)cc2)c1. The average Bonchev–Trinajstić information content (AvgIpc) is 2.78. The highest BCUT2D eigenvalue weighted by Gasteiger charge is 2.36. The van der Waals surface area contributed by atoms with E-state index in [4.69, 9.17) is 4.74 Å². The zero-order valence-corrected chi connectivity index (χ0v) is 19.5. The number of ether oxygens (including phenoxy) is 1. The van der Waals surface area contributed by atoms with E-state index in [1.54, 1.807) is 35.7 Å². The molecule has 0 spiro atoms. The second kappa shape index (κ2) is 8.94. The van der Waals surface area contributed by atoms with Crippen LogP contribution in [-0.2, 0) is 22.9 Å². The fraction of sp³-hybridized carbons (Fsp3) is 0.308. The Morgan fingerprint density at radius 3 is 2.44 bits per heavy atom. The van der Waals surface area contributed by atoms with Crippen LogP contribution < -0.4 is 9.04 Å². The molecule has 0 aromatic heterocycles. The van der Waals surface area contributed by atoms with Crippen LogP contribution in [0.3, 0.4) is 0 Å². The van der Waals surface area contributed by atoms with Crippen LogP contribution in [0.2, 0.25) is 0 Å². The van der Waals surface area contributed by atoms with Crippen LogP contribution in [0.4, 0.5) is 10.1 Å². The van der Waals surface area contributed by atoms with Crippen LogP contribution in [0.25, 0.3) is 0 Å². The molecular weight excluding hydrogens is 425 g/mol. The molecule has 4 nitrogen and oxygen atoms in total. The van der Waals surface area contributed by atoms with Crippen LogP contribution in [-0.4, -0.2) is 21.6 Å². The van der Waals surface area contributed by atoms with Gasteiger partial charge in [0.1, 0.15) is 11.6 Å². The minimum Gasteiger partial charge on any atom is -0.497 e. The number of halogens is 1. The summed E-state index contributed by atoms with van der Waals surface area (Å²) < 4.78 is 48.8. The third kappa shape index (κ3) is 4.37. The van der Waals surface area contributed by atoms with Gasteiger partial charge in [0.25, 0.3) is 10.0 Å². The number of nitrogens with zero attached hydrogens (tertiary/aromatic N) is 1. The molecule has 1 aliphatic heterocycles. The zero-order valence-electron chi connectivity index (χ0n) is 18.6. The highest BCUT2D eigenvalue weighted by molar-refractivity contribution is 7.92. The average molecular weight is 454 g/mol. The molecule has 0 bridgehead atoms. The van der Waals surface area contributed by atoms with Gasteiger partial charge >= 0.3 is 0 Å². The van der Waals surface area contributed by atoms with Crippen molar-refractivity contribution in [2.45, 2.75) is 50.5 Å². The third-order valence-electron chi connectivity index (χ3n) is 6.13. The van der Waals surface area contributed by atoms with Gasteiger partial charge in [-0.3, -0.25) is 4.31 Å². The second-order valence-electron chi connectivity index (χ2n) is 8.43. The largest absolute Gasteiger partial charge is 0.497 e. The molecule has 0 N–H and O–H groups in total. The van der Waals surface area contributed by atoms with Crippen LogP contribution >= 0.6 is 0 Å². The number of benzene rings is 3. The van der Waals surface area contributed by atoms with Crippen molar-refractivity contribution in [1.29, 1.82) is 0 Å². The Morgan fingerprint density at radius 2 is 1.72 bits per heavy atom. The number of hydrogen-bond donors (Lipinski definition) is 0. The molecule has 0 saturated heterocycles. The number of fused-ring (bicyclic) bond motifs is 1. The summed E-state index contributed by atoms with van der Waals surface area (Å²) in [6.07, 6.45) is 2.42. The fourth-order valence-corrected chi connectivity index (χ4v) is 6.07. The first-order valence-corrected chi connectivity index (χ1v) is 12.3. The lowest BCUT2D eigenvalue weighted by molar-refractivity contribution is 0.412. The maximum absolute atomic E-state index is 14.4. The topological polar surface area (TPSA) is 46.6 Å². The van der Waals surface area contributed by atoms with Gasteiger partial charge in [-0.2, -0.15) is 0 Å². The smallest absolute Gasteiger partial charge is 0.264 e. The summed E-state index contributed by atoms with van der Waals surface area (Å²) in [5, 5.41) is 0. The molecule has 0 saturated carbocycles. The Bertz CT molecular complexity index is 1220. The maximum Gasteiger partial charge on any atom is 0.264 e. The summed E-state index contributed by atoms with van der Waals surface area (Å²) in [5.74, 6) is 0.293. The first-order valence-electron chi connectivity index (χ1n) is 10.8. The fourth-order valence-electron chi connectivity index (χ4n) is 4.33. The van der Waals surface area contributed by atoms with E-state index in [1.807, 2.05) is 44.2 Å². The van der Waals surface area contributed by atoms with Gasteiger partial charge in [0, 0.05) is 6.04 Å². The minimum atomic E-state index is -3.77. The second-order valence-corrected chi connectivity index (χ2v) is 10.2. The predicted octanol–water partition coefficient (Wildman–Crippen LogP) is 5.59. The van der Waals surface area contributed by atoms with E-state index in [0.29, 0.717) is 30.6 Å². The molecule has 1 atom stereocenters. The van der Waals surface area contributed by atoms with Crippen molar-refractivity contribution in [1.82, 2.24) is 0 Å². The number of methoxy groups -OCH3 is 1. The molecule has 0 radical (unpaired) electrons. The minimum absolute atomic E-state index is 0.263. The lowest BCUT2D eigenvalue weighted by Gasteiger charge is -2.38. The van der Waals surface area contributed by atoms with Crippen LogP contribution in [0.5, 0.6) is 5.75 Å². The molecule has 0 aliphatic carbocycles. The molecule has 168 valence electrons. The van der Waals surface area contributed by atoms with Gasteiger partial charge in [-0.15, -0.1) is 0 Å². The van der Waals surface area contributed by atoms with Crippen molar-refractivity contribution in [2.24, 2.45) is 0 Å². The number of aryl methyl sites for hydroxylation is 4. The van der Waals surface area contributed by atoms with Crippen molar-refractivity contribution in [3.05, 3.63) is 88.7 Å². The normalized spacial score (nSPS) is 16.0. The Balaban J connectivity index is 1.72. The van der Waals surface area contributed by atoms with E-state index in [9.17, 15) is 12.8 Å². The van der Waals surface area contributed by atoms with Gasteiger partial charge in [0.05, 0.1) is 17.7 Å². The number of rotatable bonds is 6. The summed E-state index contributed by atoms with van der Waals surface area (Å²) in [5.41, 5.74) is 4.30. The molecule has 1 unspecified atom stereocenters. The summed E-state index contributed by atoms with van der Waals surface area (Å²) in [4.78, 5) is 0.273. The van der Waals surface area contributed by atoms with Gasteiger partial charge in [0.15, 0.2) is 0 Å². The van der Waals surface area contributed by atoms with Crippen LogP contribution in [0.1, 0.15) is 35.1 Å². The van der Waals surface area contributed by atoms with Gasteiger partial charge in [-0.25, -0.2) is 12.8 Å². The van der Waals surface area contributed by atoms with Crippen molar-refractivity contribution >= 4 is 15.7 Å². The quantitative estimate of drug-likeness (QED) is 0.489. The van der Waals surface area contributed by atoms with E-state index in [1.165, 1.54) is 6.07 Å². The van der Waals surface area contributed by atoms with Gasteiger partial charge in [-0.1, -0.05) is 29.8 Å². The van der Waals surface area contributed by atoms with E-state index < -0.39 is 10.0 Å². The molecule has 3 aromatic carbocycles. The van der Waals surface area contributed by atoms with Crippen molar-refractivity contribution in [3.8, 4) is 5.75 Å². The zero-order chi connectivity index (χ0) is 22.9. The Labute approximate surface area is 189 Å². The molecular formula is C26H28FNO3S. The van der Waals surface area contributed by atoms with E-state index in [-0.39, 0.29) is 16.8 Å². The van der Waals surface area contributed by atoms with Gasteiger partial charge in [-0.05, 0) is 92.6 Å². The van der Waals surface area contributed by atoms with Gasteiger partial charge in [0.2, 0.25) is 0 Å². The maximum atomic E-state index is 14.4. The lowest BCUT2D eigenvalue weighted by Crippen LogP contribution is -2.44. The predicted molar refractivity (Wildman–Crippen MR) is 125 cm³/mol. The molecule has 3 aromatic rings. The Hall–Kier alpha value is -2.86. The molecule has 0 amide bonds. The van der Waals surface area contributed by atoms with Crippen LogP contribution in [0, 0.1) is 19.7 Å². The Morgan fingerprint density at radius 1 is 1.00 bits per heavy atom. The summed E-state index contributed by atoms with van der Waals surface area (Å²) >= 11 is 0. The monoisotopic (exact) mass is 453 g/mol. The van der Waals surface area contributed by atoms with Gasteiger partial charge < -0.3 is 4.74 Å².